The van der Waals surface area contributed by atoms with Crippen molar-refractivity contribution < 1.29 is 196 Å². The van der Waals surface area contributed by atoms with Gasteiger partial charge < -0.3 is 174 Å². The van der Waals surface area contributed by atoms with Gasteiger partial charge in [0.05, 0.1) is 51.9 Å². The SMILES string of the molecule is CC(=O)NCC(=O)N[C@@H](CC(=O)N[C@@H]1O[C@H](CO)[C@@H](O[C@@H]2O[C@H](CO)[C@H](O)[C@H](O[C@@H](CC3CCCCC3)C(=O)O)[C@H]2O)[C@H](O[C@@H]2O[C@@H](CO)[C@@H](O)[C@@H](O)[C@@H]2O)[C@H]1NC(C)=O)C(=O)N[C@@H](CC(C)C)C(=O)N[C@H](C(=O)N[C@@H](CCC(=O)O)C(=O)N[C@@H](CC(C)C)C(=O)N[C@@H](CCC(=O)O)C(=O)N[C@@H](CO)C(=O)N[C@@H](CCC(=O)O)C(=O)N[C@@H](CC(=O)O)C(=O)O)[C@@H](C)O. The molecule has 0 aromatic carbocycles. The van der Waals surface area contributed by atoms with Gasteiger partial charge in [0.15, 0.2) is 24.9 Å². The Bertz CT molecular complexity index is 3760. The second-order valence-corrected chi connectivity index (χ2v) is 31.9. The highest BCUT2D eigenvalue weighted by Crippen LogP contribution is 2.36. The van der Waals surface area contributed by atoms with Gasteiger partial charge in [0.1, 0.15) is 128 Å². The normalized spacial score (nSPS) is 25.7. The molecule has 0 bridgehead atoms. The van der Waals surface area contributed by atoms with E-state index in [2.05, 4.69) is 47.9 Å². The summed E-state index contributed by atoms with van der Waals surface area (Å²) < 4.78 is 35.9. The molecule has 0 aromatic heterocycles. The first-order chi connectivity index (χ1) is 59.5. The topological polar surface area (TPSA) is 831 Å². The smallest absolute Gasteiger partial charge is 0.332 e. The molecular weight excluding hydrogens is 1710 g/mol. The number of hydrogen-bond acceptors (Lipinski definition) is 34. The van der Waals surface area contributed by atoms with Crippen LogP contribution in [0.4, 0.5) is 0 Å². The molecular formula is C75H120N12O40. The van der Waals surface area contributed by atoms with E-state index in [9.17, 15) is 163 Å². The number of aliphatic hydroxyl groups is 10. The number of carbonyl (C=O) groups is 18. The van der Waals surface area contributed by atoms with Crippen LogP contribution in [0.1, 0.15) is 151 Å². The van der Waals surface area contributed by atoms with Crippen LogP contribution in [0.5, 0.6) is 0 Å². The van der Waals surface area contributed by atoms with E-state index < -0.39 is 368 Å². The van der Waals surface area contributed by atoms with Crippen LogP contribution in [-0.2, 0) is 115 Å². The number of amides is 12. The van der Waals surface area contributed by atoms with E-state index in [0.717, 1.165) is 40.0 Å². The minimum Gasteiger partial charge on any atom is -0.481 e. The Labute approximate surface area is 725 Å². The highest BCUT2D eigenvalue weighted by molar-refractivity contribution is 6.00. The molecule has 26 atom stereocenters. The van der Waals surface area contributed by atoms with Crippen molar-refractivity contribution in [2.24, 2.45) is 17.8 Å². The quantitative estimate of drug-likeness (QED) is 0.0269. The Morgan fingerprint density at radius 2 is 0.835 bits per heavy atom. The zero-order valence-electron chi connectivity index (χ0n) is 70.5. The lowest BCUT2D eigenvalue weighted by Gasteiger charge is -2.50. The first-order valence-corrected chi connectivity index (χ1v) is 40.9. The second-order valence-electron chi connectivity index (χ2n) is 31.9. The molecule has 12 amide bonds. The van der Waals surface area contributed by atoms with Crippen molar-refractivity contribution in [1.82, 2.24) is 63.8 Å². The molecule has 720 valence electrons. The van der Waals surface area contributed by atoms with Crippen molar-refractivity contribution >= 4 is 107 Å². The van der Waals surface area contributed by atoms with Crippen LogP contribution in [-0.4, -0.2) is 380 Å². The number of nitrogens with one attached hydrogen (secondary N) is 12. The molecule has 0 aromatic rings. The standard InChI is InChI=1S/C75H120N12O40/c1-29(2)19-38(66(113)79-36(14-17-50(99)100)65(112)85-42(25-88)69(116)80-35(13-16-49(97)98)64(111)84-41(72(118)119)23-52(103)104)82-63(110)37(15-18-51(101)102)81-70(117)53(31(5)92)87-68(115)39(20-30(3)4)83-67(114)40(78-48(96)24-76-32(6)93)22-47(95)86-71-54(77-33(7)94)61(127-74-58(108)57(107)55(105)44(26-89)124-74)60(46(28-91)123-71)126-75-59(109)62(56(106)45(27-90)125-75)122-43(73(120)121)21-34-11-9-8-10-12-34/h29-31,34-46,53-62,71,74-75,88-92,105-109H,8-28H2,1-7H3,(H,76,93)(H,77,94)(H,78,96)(H,79,113)(H,80,116)(H,81,117)(H,82,110)(H,83,114)(H,84,111)(H,85,112)(H,86,95)(H,87,115)(H,97,98)(H,99,100)(H,101,102)(H,103,104)(H,118,119)(H,120,121)/t31-,35+,36+,37+,38+,39+,40+,41+,42+,43+,44+,45-,46-,53+,54-,55-,56+,57-,58+,59-,60-,61-,62+,71-,74+,75+/m1/s1. The molecule has 3 aliphatic heterocycles. The molecule has 0 radical (unpaired) electrons. The third-order valence-corrected chi connectivity index (χ3v) is 20.6. The van der Waals surface area contributed by atoms with Crippen molar-refractivity contribution in [3.8, 4) is 0 Å². The Hall–Kier alpha value is -10.2. The second kappa shape index (κ2) is 52.9. The van der Waals surface area contributed by atoms with Gasteiger partial charge in [-0.25, -0.2) is 9.59 Å². The summed E-state index contributed by atoms with van der Waals surface area (Å²) >= 11 is 0. The molecule has 3 heterocycles. The predicted octanol–water partition coefficient (Wildman–Crippen LogP) is -11.3. The maximum atomic E-state index is 14.8. The summed E-state index contributed by atoms with van der Waals surface area (Å²) in [6.07, 6.45) is -36.8. The van der Waals surface area contributed by atoms with Crippen LogP contribution in [0.2, 0.25) is 0 Å². The van der Waals surface area contributed by atoms with E-state index >= 15 is 0 Å². The summed E-state index contributed by atoms with van der Waals surface area (Å²) in [6, 6.07) is -20.2. The largest absolute Gasteiger partial charge is 0.481 e. The Kier molecular flexibility index (Phi) is 45.5. The lowest BCUT2D eigenvalue weighted by Crippen LogP contribution is -2.72. The lowest BCUT2D eigenvalue weighted by molar-refractivity contribution is -0.366. The third-order valence-electron chi connectivity index (χ3n) is 20.6. The molecule has 28 N–H and O–H groups in total. The zero-order chi connectivity index (χ0) is 95.7. The van der Waals surface area contributed by atoms with Gasteiger partial charge in [-0.3, -0.25) is 76.7 Å². The van der Waals surface area contributed by atoms with E-state index in [1.54, 1.807) is 0 Å². The minimum atomic E-state index is -2.27. The van der Waals surface area contributed by atoms with Gasteiger partial charge in [0.25, 0.3) is 0 Å². The highest BCUT2D eigenvalue weighted by atomic mass is 16.7. The van der Waals surface area contributed by atoms with E-state index in [1.165, 1.54) is 27.7 Å². The molecule has 4 fully saturated rings. The van der Waals surface area contributed by atoms with Gasteiger partial charge in [0.2, 0.25) is 70.9 Å². The Morgan fingerprint density at radius 1 is 0.402 bits per heavy atom. The number of aliphatic hydroxyl groups excluding tert-OH is 10. The average molecular weight is 1830 g/mol. The molecule has 4 aliphatic rings. The summed E-state index contributed by atoms with van der Waals surface area (Å²) in [7, 11) is 0. The summed E-state index contributed by atoms with van der Waals surface area (Å²) in [6.45, 7) is 3.46. The lowest BCUT2D eigenvalue weighted by atomic mass is 9.85. The van der Waals surface area contributed by atoms with E-state index in [0.29, 0.717) is 12.8 Å². The van der Waals surface area contributed by atoms with Crippen molar-refractivity contribution in [2.45, 2.75) is 310 Å². The molecule has 0 spiro atoms. The highest BCUT2D eigenvalue weighted by Gasteiger charge is 2.56. The third kappa shape index (κ3) is 35.4. The molecule has 0 unspecified atom stereocenters. The monoisotopic (exact) mass is 1830 g/mol. The number of carboxylic acid groups (broad SMARTS) is 6. The molecule has 1 saturated carbocycles. The van der Waals surface area contributed by atoms with E-state index in [-0.39, 0.29) is 18.8 Å². The van der Waals surface area contributed by atoms with Gasteiger partial charge in [0, 0.05) is 33.1 Å². The van der Waals surface area contributed by atoms with Crippen LogP contribution in [0.15, 0.2) is 0 Å². The number of hydrogen-bond donors (Lipinski definition) is 28. The fourth-order valence-corrected chi connectivity index (χ4v) is 14.1. The van der Waals surface area contributed by atoms with Crippen molar-refractivity contribution in [3.63, 3.8) is 0 Å². The zero-order valence-corrected chi connectivity index (χ0v) is 70.5. The van der Waals surface area contributed by atoms with Crippen molar-refractivity contribution in [1.29, 1.82) is 0 Å². The number of carbonyl (C=O) groups excluding carboxylic acids is 12. The fraction of sp³-hybridized carbons (Fsp3) is 0.760. The predicted molar refractivity (Wildman–Crippen MR) is 419 cm³/mol. The molecule has 4 rings (SSSR count). The van der Waals surface area contributed by atoms with Gasteiger partial charge in [-0.1, -0.05) is 59.8 Å². The number of ether oxygens (including phenoxy) is 6. The summed E-state index contributed by atoms with van der Waals surface area (Å²) in [5, 5.41) is 193. The molecule has 3 saturated heterocycles. The Balaban J connectivity index is 1.69. The Morgan fingerprint density at radius 3 is 1.28 bits per heavy atom. The van der Waals surface area contributed by atoms with Gasteiger partial charge in [-0.05, 0) is 63.2 Å². The number of rotatable bonds is 53. The first-order valence-electron chi connectivity index (χ1n) is 40.9. The van der Waals surface area contributed by atoms with Crippen molar-refractivity contribution in [3.05, 3.63) is 0 Å². The molecule has 52 nitrogen and oxygen atoms in total. The summed E-state index contributed by atoms with van der Waals surface area (Å²) in [5.41, 5.74) is 0. The number of aliphatic carboxylic acids is 6. The van der Waals surface area contributed by atoms with Crippen LogP contribution in [0.25, 0.3) is 0 Å². The first kappa shape index (κ1) is 109. The van der Waals surface area contributed by atoms with E-state index in [4.69, 9.17) is 33.5 Å². The summed E-state index contributed by atoms with van der Waals surface area (Å²) in [4.78, 5) is 238. The fourth-order valence-electron chi connectivity index (χ4n) is 14.1. The van der Waals surface area contributed by atoms with Gasteiger partial charge >= 0.3 is 35.8 Å². The van der Waals surface area contributed by atoms with Crippen LogP contribution < -0.4 is 63.8 Å². The molecule has 52 heteroatoms. The van der Waals surface area contributed by atoms with Crippen LogP contribution in [0, 0.1) is 17.8 Å². The minimum absolute atomic E-state index is 0.0757. The summed E-state index contributed by atoms with van der Waals surface area (Å²) in [5.74, 6) is -26.5. The maximum absolute atomic E-state index is 14.8. The van der Waals surface area contributed by atoms with Gasteiger partial charge in [-0.2, -0.15) is 0 Å². The van der Waals surface area contributed by atoms with Crippen LogP contribution in [0.3, 0.4) is 0 Å². The molecule has 127 heavy (non-hydrogen) atoms. The van der Waals surface area contributed by atoms with Gasteiger partial charge in [-0.15, -0.1) is 0 Å². The molecule has 1 aliphatic carbocycles. The van der Waals surface area contributed by atoms with E-state index in [1.807, 2.05) is 16.0 Å². The van der Waals surface area contributed by atoms with Crippen LogP contribution >= 0.6 is 0 Å². The number of carboxylic acids is 6. The maximum Gasteiger partial charge on any atom is 0.332 e. The average Bonchev–Trinajstić information content (AvgIpc) is 0.761. The van der Waals surface area contributed by atoms with Crippen molar-refractivity contribution in [2.75, 3.05) is 33.0 Å².